The topological polar surface area (TPSA) is 38.0 Å². The molecule has 1 unspecified atom stereocenters. The number of rotatable bonds is 3. The van der Waals surface area contributed by atoms with Crippen molar-refractivity contribution in [2.45, 2.75) is 13.0 Å². The Morgan fingerprint density at radius 1 is 1.06 bits per heavy atom. The summed E-state index contributed by atoms with van der Waals surface area (Å²) in [7, 11) is 0. The summed E-state index contributed by atoms with van der Waals surface area (Å²) < 4.78 is 1.23. The van der Waals surface area contributed by atoms with Gasteiger partial charge in [0.1, 0.15) is 0 Å². The smallest absolute Gasteiger partial charge is 0.0712 e. The number of hydrazine groups is 1. The largest absolute Gasteiger partial charge is 0.271 e. The predicted molar refractivity (Wildman–Crippen MR) is 79.5 cm³/mol. The molecule has 2 aromatic rings. The van der Waals surface area contributed by atoms with Crippen LogP contribution >= 0.6 is 22.6 Å². The van der Waals surface area contributed by atoms with Gasteiger partial charge in [0, 0.05) is 3.57 Å². The van der Waals surface area contributed by atoms with E-state index >= 15 is 0 Å². The number of aryl methyl sites for hydroxylation is 1. The van der Waals surface area contributed by atoms with E-state index in [1.807, 2.05) is 12.1 Å². The van der Waals surface area contributed by atoms with Gasteiger partial charge in [-0.05, 0) is 58.3 Å². The normalized spacial score (nSPS) is 12.4. The summed E-state index contributed by atoms with van der Waals surface area (Å²) in [6, 6.07) is 16.8. The minimum atomic E-state index is 0.0493. The van der Waals surface area contributed by atoms with Gasteiger partial charge in [-0.3, -0.25) is 5.84 Å². The molecular formula is C14H15IN2. The minimum Gasteiger partial charge on any atom is -0.271 e. The first kappa shape index (κ1) is 12.5. The maximum absolute atomic E-state index is 5.69. The lowest BCUT2D eigenvalue weighted by molar-refractivity contribution is 0.633. The number of hydrogen-bond acceptors (Lipinski definition) is 2. The fourth-order valence-corrected chi connectivity index (χ4v) is 2.29. The Morgan fingerprint density at radius 2 is 1.71 bits per heavy atom. The molecule has 2 rings (SSSR count). The Labute approximate surface area is 115 Å². The fourth-order valence-electron chi connectivity index (χ4n) is 1.93. The highest BCUT2D eigenvalue weighted by atomic mass is 127. The maximum Gasteiger partial charge on any atom is 0.0712 e. The zero-order valence-corrected chi connectivity index (χ0v) is 11.8. The molecule has 0 aliphatic carbocycles. The van der Waals surface area contributed by atoms with Gasteiger partial charge >= 0.3 is 0 Å². The molecule has 3 heteroatoms. The molecule has 1 atom stereocenters. The van der Waals surface area contributed by atoms with Crippen molar-refractivity contribution in [3.63, 3.8) is 0 Å². The molecule has 17 heavy (non-hydrogen) atoms. The highest BCUT2D eigenvalue weighted by molar-refractivity contribution is 14.1. The molecule has 2 aromatic carbocycles. The minimum absolute atomic E-state index is 0.0493. The van der Waals surface area contributed by atoms with Gasteiger partial charge in [-0.1, -0.05) is 36.4 Å². The lowest BCUT2D eigenvalue weighted by Crippen LogP contribution is -2.29. The van der Waals surface area contributed by atoms with E-state index in [0.717, 1.165) is 0 Å². The van der Waals surface area contributed by atoms with Crippen LogP contribution in [-0.2, 0) is 0 Å². The van der Waals surface area contributed by atoms with Crippen molar-refractivity contribution in [1.82, 2.24) is 5.43 Å². The molecule has 0 spiro atoms. The van der Waals surface area contributed by atoms with Gasteiger partial charge in [-0.15, -0.1) is 0 Å². The lowest BCUT2D eigenvalue weighted by Gasteiger charge is -2.19. The monoisotopic (exact) mass is 338 g/mol. The molecule has 0 aliphatic rings. The van der Waals surface area contributed by atoms with Crippen LogP contribution in [0.2, 0.25) is 0 Å². The highest BCUT2D eigenvalue weighted by Gasteiger charge is 2.13. The van der Waals surface area contributed by atoms with E-state index < -0.39 is 0 Å². The van der Waals surface area contributed by atoms with E-state index in [1.165, 1.54) is 20.3 Å². The van der Waals surface area contributed by atoms with Crippen molar-refractivity contribution in [1.29, 1.82) is 0 Å². The summed E-state index contributed by atoms with van der Waals surface area (Å²) in [5.41, 5.74) is 6.54. The molecule has 2 nitrogen and oxygen atoms in total. The van der Waals surface area contributed by atoms with Crippen LogP contribution in [0, 0.1) is 10.5 Å². The van der Waals surface area contributed by atoms with Crippen molar-refractivity contribution in [2.75, 3.05) is 0 Å². The summed E-state index contributed by atoms with van der Waals surface area (Å²) in [6.07, 6.45) is 0. The third-order valence-corrected chi connectivity index (χ3v) is 3.59. The van der Waals surface area contributed by atoms with Gasteiger partial charge in [-0.2, -0.15) is 0 Å². The van der Waals surface area contributed by atoms with Crippen LogP contribution in [0.1, 0.15) is 22.7 Å². The van der Waals surface area contributed by atoms with Crippen molar-refractivity contribution in [3.8, 4) is 0 Å². The second kappa shape index (κ2) is 5.62. The first-order chi connectivity index (χ1) is 8.22. The van der Waals surface area contributed by atoms with E-state index in [-0.39, 0.29) is 6.04 Å². The molecule has 0 aromatic heterocycles. The van der Waals surface area contributed by atoms with E-state index in [0.29, 0.717) is 0 Å². The molecule has 0 aliphatic heterocycles. The number of halogens is 1. The third kappa shape index (κ3) is 2.86. The van der Waals surface area contributed by atoms with E-state index in [2.05, 4.69) is 71.3 Å². The zero-order chi connectivity index (χ0) is 12.3. The fraction of sp³-hybridized carbons (Fsp3) is 0.143. The van der Waals surface area contributed by atoms with Crippen LogP contribution in [0.15, 0.2) is 48.5 Å². The number of hydrogen-bond donors (Lipinski definition) is 2. The molecule has 0 amide bonds. The lowest BCUT2D eigenvalue weighted by atomic mass is 9.96. The Balaban J connectivity index is 2.40. The average molecular weight is 338 g/mol. The predicted octanol–water partition coefficient (Wildman–Crippen LogP) is 3.15. The van der Waals surface area contributed by atoms with Crippen molar-refractivity contribution in [2.24, 2.45) is 5.84 Å². The van der Waals surface area contributed by atoms with Crippen LogP contribution in [0.3, 0.4) is 0 Å². The Bertz CT molecular complexity index is 494. The first-order valence-electron chi connectivity index (χ1n) is 5.49. The van der Waals surface area contributed by atoms with E-state index in [1.54, 1.807) is 0 Å². The van der Waals surface area contributed by atoms with Gasteiger partial charge in [-0.25, -0.2) is 5.43 Å². The quantitative estimate of drug-likeness (QED) is 0.513. The molecular weight excluding hydrogens is 323 g/mol. The summed E-state index contributed by atoms with van der Waals surface area (Å²) in [5, 5.41) is 0. The summed E-state index contributed by atoms with van der Waals surface area (Å²) in [4.78, 5) is 0. The SMILES string of the molecule is Cc1ccccc1C(NN)c1ccc(I)cc1. The summed E-state index contributed by atoms with van der Waals surface area (Å²) >= 11 is 2.30. The van der Waals surface area contributed by atoms with Crippen LogP contribution in [0.5, 0.6) is 0 Å². The number of benzene rings is 2. The van der Waals surface area contributed by atoms with Gasteiger partial charge in [0.15, 0.2) is 0 Å². The molecule has 0 heterocycles. The molecule has 0 fully saturated rings. The average Bonchev–Trinajstić information content (AvgIpc) is 2.35. The van der Waals surface area contributed by atoms with E-state index in [4.69, 9.17) is 5.84 Å². The second-order valence-electron chi connectivity index (χ2n) is 4.01. The third-order valence-electron chi connectivity index (χ3n) is 2.87. The van der Waals surface area contributed by atoms with Gasteiger partial charge in [0.2, 0.25) is 0 Å². The van der Waals surface area contributed by atoms with Crippen LogP contribution in [-0.4, -0.2) is 0 Å². The van der Waals surface area contributed by atoms with Crippen LogP contribution < -0.4 is 11.3 Å². The molecule has 88 valence electrons. The molecule has 0 bridgehead atoms. The molecule has 0 saturated heterocycles. The Morgan fingerprint density at radius 3 is 2.29 bits per heavy atom. The van der Waals surface area contributed by atoms with E-state index in [9.17, 15) is 0 Å². The van der Waals surface area contributed by atoms with Gasteiger partial charge < -0.3 is 0 Å². The van der Waals surface area contributed by atoms with Crippen LogP contribution in [0.25, 0.3) is 0 Å². The summed E-state index contributed by atoms with van der Waals surface area (Å²) in [5.74, 6) is 5.69. The number of nitrogens with two attached hydrogens (primary N) is 1. The first-order valence-corrected chi connectivity index (χ1v) is 6.57. The van der Waals surface area contributed by atoms with Crippen molar-refractivity contribution >= 4 is 22.6 Å². The molecule has 3 N–H and O–H groups in total. The van der Waals surface area contributed by atoms with Gasteiger partial charge in [0.25, 0.3) is 0 Å². The molecule has 0 saturated carbocycles. The van der Waals surface area contributed by atoms with Gasteiger partial charge in [0.05, 0.1) is 6.04 Å². The second-order valence-corrected chi connectivity index (χ2v) is 5.25. The number of nitrogens with one attached hydrogen (secondary N) is 1. The highest BCUT2D eigenvalue weighted by Crippen LogP contribution is 2.24. The van der Waals surface area contributed by atoms with Crippen molar-refractivity contribution in [3.05, 3.63) is 68.8 Å². The maximum atomic E-state index is 5.69. The summed E-state index contributed by atoms with van der Waals surface area (Å²) in [6.45, 7) is 2.10. The standard InChI is InChI=1S/C14H15IN2/c1-10-4-2-3-5-13(10)14(17-16)11-6-8-12(15)9-7-11/h2-9,14,17H,16H2,1H3. The molecule has 0 radical (unpaired) electrons. The van der Waals surface area contributed by atoms with Crippen molar-refractivity contribution < 1.29 is 0 Å². The van der Waals surface area contributed by atoms with Crippen LogP contribution in [0.4, 0.5) is 0 Å². The zero-order valence-electron chi connectivity index (χ0n) is 9.65. The Hall–Kier alpha value is -0.910. The Kier molecular flexibility index (Phi) is 4.15.